The molecule has 0 saturated carbocycles. The minimum atomic E-state index is -0.483. The number of carbonyl (C=O) groups is 1. The second-order valence-electron chi connectivity index (χ2n) is 6.32. The summed E-state index contributed by atoms with van der Waals surface area (Å²) in [6.07, 6.45) is 1.39. The molecule has 0 radical (unpaired) electrons. The Kier molecular flexibility index (Phi) is 4.99. The number of rotatable bonds is 3. The number of hydrogen-bond donors (Lipinski definition) is 2. The zero-order valence-corrected chi connectivity index (χ0v) is 12.0. The van der Waals surface area contributed by atoms with E-state index >= 15 is 0 Å². The van der Waals surface area contributed by atoms with E-state index in [1.807, 2.05) is 20.8 Å². The summed E-state index contributed by atoms with van der Waals surface area (Å²) in [6.45, 7) is 8.01. The Balaban J connectivity index is 2.42. The normalized spacial score (nSPS) is 20.5. The number of ether oxygens (including phenoxy) is 1. The second kappa shape index (κ2) is 5.89. The van der Waals surface area contributed by atoms with Gasteiger partial charge in [0.05, 0.1) is 6.61 Å². The third kappa shape index (κ3) is 4.82. The molecule has 1 rings (SSSR count). The first-order chi connectivity index (χ1) is 8.26. The molecule has 0 aromatic carbocycles. The number of aliphatic hydroxyl groups excluding tert-OH is 1. The monoisotopic (exact) mass is 258 g/mol. The molecule has 1 heterocycles. The van der Waals surface area contributed by atoms with E-state index in [1.165, 1.54) is 0 Å². The van der Waals surface area contributed by atoms with Crippen LogP contribution in [0.25, 0.3) is 0 Å². The van der Waals surface area contributed by atoms with Crippen LogP contribution in [0.15, 0.2) is 0 Å². The topological polar surface area (TPSA) is 61.8 Å². The van der Waals surface area contributed by atoms with Gasteiger partial charge in [-0.05, 0) is 53.8 Å². The number of alkyl carbamates (subject to hydrolysis) is 1. The molecule has 1 saturated heterocycles. The standard InChI is InChI=1S/C13H26N2O3/c1-12(2,3)18-11(17)14-9-13(10-16)5-7-15(4)8-6-13/h16H,5-10H2,1-4H3,(H,14,17). The fraction of sp³-hybridized carbons (Fsp3) is 0.923. The first kappa shape index (κ1) is 15.2. The number of piperidine rings is 1. The van der Waals surface area contributed by atoms with Crippen molar-refractivity contribution in [2.45, 2.75) is 39.2 Å². The van der Waals surface area contributed by atoms with E-state index in [4.69, 9.17) is 4.74 Å². The van der Waals surface area contributed by atoms with Crippen molar-refractivity contribution < 1.29 is 14.6 Å². The van der Waals surface area contributed by atoms with Crippen molar-refractivity contribution in [3.8, 4) is 0 Å². The van der Waals surface area contributed by atoms with E-state index in [2.05, 4.69) is 17.3 Å². The molecular formula is C13H26N2O3. The van der Waals surface area contributed by atoms with Crippen LogP contribution in [-0.2, 0) is 4.74 Å². The van der Waals surface area contributed by atoms with E-state index in [1.54, 1.807) is 0 Å². The van der Waals surface area contributed by atoms with Crippen LogP contribution in [0.3, 0.4) is 0 Å². The van der Waals surface area contributed by atoms with E-state index in [-0.39, 0.29) is 12.0 Å². The first-order valence-corrected chi connectivity index (χ1v) is 6.53. The lowest BCUT2D eigenvalue weighted by molar-refractivity contribution is 0.0330. The molecule has 1 aliphatic heterocycles. The van der Waals surface area contributed by atoms with Crippen molar-refractivity contribution in [2.24, 2.45) is 5.41 Å². The SMILES string of the molecule is CN1CCC(CO)(CNC(=O)OC(C)(C)C)CC1. The van der Waals surface area contributed by atoms with Crippen LogP contribution < -0.4 is 5.32 Å². The quantitative estimate of drug-likeness (QED) is 0.799. The predicted octanol–water partition coefficient (Wildman–Crippen LogP) is 1.22. The highest BCUT2D eigenvalue weighted by atomic mass is 16.6. The maximum absolute atomic E-state index is 11.6. The zero-order chi connectivity index (χ0) is 13.8. The van der Waals surface area contributed by atoms with Crippen LogP contribution in [-0.4, -0.2) is 55.0 Å². The Morgan fingerprint density at radius 3 is 2.39 bits per heavy atom. The fourth-order valence-corrected chi connectivity index (χ4v) is 2.06. The number of aliphatic hydroxyl groups is 1. The van der Waals surface area contributed by atoms with Crippen molar-refractivity contribution >= 4 is 6.09 Å². The van der Waals surface area contributed by atoms with Gasteiger partial charge in [-0.25, -0.2) is 4.79 Å². The fourth-order valence-electron chi connectivity index (χ4n) is 2.06. The third-order valence-electron chi connectivity index (χ3n) is 3.39. The number of nitrogens with one attached hydrogen (secondary N) is 1. The summed E-state index contributed by atoms with van der Waals surface area (Å²) < 4.78 is 5.20. The maximum Gasteiger partial charge on any atom is 0.407 e. The van der Waals surface area contributed by atoms with Crippen molar-refractivity contribution in [3.63, 3.8) is 0 Å². The van der Waals surface area contributed by atoms with Crippen LogP contribution in [0.4, 0.5) is 4.79 Å². The molecule has 0 spiro atoms. The zero-order valence-electron chi connectivity index (χ0n) is 12.0. The van der Waals surface area contributed by atoms with Crippen molar-refractivity contribution in [1.82, 2.24) is 10.2 Å². The van der Waals surface area contributed by atoms with E-state index in [9.17, 15) is 9.90 Å². The Labute approximate surface area is 109 Å². The van der Waals surface area contributed by atoms with Crippen molar-refractivity contribution in [3.05, 3.63) is 0 Å². The molecule has 1 amide bonds. The number of carbonyl (C=O) groups excluding carboxylic acids is 1. The summed E-state index contributed by atoms with van der Waals surface area (Å²) in [5.41, 5.74) is -0.674. The van der Waals surface area contributed by atoms with Gasteiger partial charge < -0.3 is 20.1 Å². The van der Waals surface area contributed by atoms with Crippen LogP contribution in [0.5, 0.6) is 0 Å². The molecule has 1 fully saturated rings. The Bertz CT molecular complexity index is 278. The summed E-state index contributed by atoms with van der Waals surface area (Å²) in [5, 5.41) is 12.3. The molecule has 2 N–H and O–H groups in total. The molecule has 1 aliphatic rings. The second-order valence-corrected chi connectivity index (χ2v) is 6.32. The van der Waals surface area contributed by atoms with Crippen LogP contribution in [0, 0.1) is 5.41 Å². The highest BCUT2D eigenvalue weighted by Gasteiger charge is 2.33. The van der Waals surface area contributed by atoms with E-state index < -0.39 is 11.7 Å². The lowest BCUT2D eigenvalue weighted by Crippen LogP contribution is -2.48. The molecule has 0 unspecified atom stereocenters. The van der Waals surface area contributed by atoms with Gasteiger partial charge in [0.25, 0.3) is 0 Å². The molecule has 0 aromatic heterocycles. The molecule has 5 nitrogen and oxygen atoms in total. The van der Waals surface area contributed by atoms with Gasteiger partial charge >= 0.3 is 6.09 Å². The van der Waals surface area contributed by atoms with Crippen molar-refractivity contribution in [1.29, 1.82) is 0 Å². The largest absolute Gasteiger partial charge is 0.444 e. The minimum absolute atomic E-state index is 0.108. The summed E-state index contributed by atoms with van der Waals surface area (Å²) in [5.74, 6) is 0. The van der Waals surface area contributed by atoms with Crippen LogP contribution in [0.2, 0.25) is 0 Å². The van der Waals surface area contributed by atoms with E-state index in [0.29, 0.717) is 6.54 Å². The Hall–Kier alpha value is -0.810. The Morgan fingerprint density at radius 2 is 1.94 bits per heavy atom. The van der Waals surface area contributed by atoms with E-state index in [0.717, 1.165) is 25.9 Å². The number of likely N-dealkylation sites (tertiary alicyclic amines) is 1. The average molecular weight is 258 g/mol. The smallest absolute Gasteiger partial charge is 0.407 e. The summed E-state index contributed by atoms with van der Waals surface area (Å²) in [4.78, 5) is 13.8. The summed E-state index contributed by atoms with van der Waals surface area (Å²) in [7, 11) is 2.07. The third-order valence-corrected chi connectivity index (χ3v) is 3.39. The molecule has 0 bridgehead atoms. The van der Waals surface area contributed by atoms with Gasteiger partial charge in [-0.2, -0.15) is 0 Å². The van der Waals surface area contributed by atoms with Gasteiger partial charge in [-0.3, -0.25) is 0 Å². The molecular weight excluding hydrogens is 232 g/mol. The lowest BCUT2D eigenvalue weighted by atomic mass is 9.79. The average Bonchev–Trinajstić information content (AvgIpc) is 2.27. The lowest BCUT2D eigenvalue weighted by Gasteiger charge is -2.39. The minimum Gasteiger partial charge on any atom is -0.444 e. The summed E-state index contributed by atoms with van der Waals surface area (Å²) >= 11 is 0. The van der Waals surface area contributed by atoms with Crippen LogP contribution in [0.1, 0.15) is 33.6 Å². The van der Waals surface area contributed by atoms with Gasteiger partial charge in [0, 0.05) is 12.0 Å². The molecule has 5 heteroatoms. The highest BCUT2D eigenvalue weighted by Crippen LogP contribution is 2.29. The van der Waals surface area contributed by atoms with Gasteiger partial charge in [-0.15, -0.1) is 0 Å². The van der Waals surface area contributed by atoms with Gasteiger partial charge in [0.15, 0.2) is 0 Å². The highest BCUT2D eigenvalue weighted by molar-refractivity contribution is 5.67. The van der Waals surface area contributed by atoms with Gasteiger partial charge in [0.1, 0.15) is 5.60 Å². The van der Waals surface area contributed by atoms with Gasteiger partial charge in [-0.1, -0.05) is 0 Å². The maximum atomic E-state index is 11.6. The molecule has 0 atom stereocenters. The molecule has 106 valence electrons. The summed E-state index contributed by atoms with van der Waals surface area (Å²) in [6, 6.07) is 0. The first-order valence-electron chi connectivity index (χ1n) is 6.53. The van der Waals surface area contributed by atoms with Crippen LogP contribution >= 0.6 is 0 Å². The molecule has 18 heavy (non-hydrogen) atoms. The predicted molar refractivity (Wildman–Crippen MR) is 70.5 cm³/mol. The van der Waals surface area contributed by atoms with Gasteiger partial charge in [0.2, 0.25) is 0 Å². The number of nitrogens with zero attached hydrogens (tertiary/aromatic N) is 1. The number of amides is 1. The Morgan fingerprint density at radius 1 is 1.39 bits per heavy atom. The molecule has 0 aromatic rings. The number of hydrogen-bond acceptors (Lipinski definition) is 4. The van der Waals surface area contributed by atoms with Crippen molar-refractivity contribution in [2.75, 3.05) is 33.3 Å². The molecule has 0 aliphatic carbocycles.